The van der Waals surface area contributed by atoms with Crippen molar-refractivity contribution in [2.24, 2.45) is 5.92 Å². The van der Waals surface area contributed by atoms with Crippen LogP contribution in [0.4, 0.5) is 0 Å². The first-order valence-corrected chi connectivity index (χ1v) is 6.27. The minimum Gasteiger partial charge on any atom is -0.273 e. The third kappa shape index (κ3) is 3.75. The molecule has 1 rings (SSSR count). The Hall–Kier alpha value is -0.620. The fourth-order valence-electron chi connectivity index (χ4n) is 1.15. The highest BCUT2D eigenvalue weighted by atomic mass is 127. The molecule has 0 fully saturated rings. The molecule has 0 unspecified atom stereocenters. The van der Waals surface area contributed by atoms with E-state index in [4.69, 9.17) is 4.84 Å². The average Bonchev–Trinajstić information content (AvgIpc) is 2.21. The van der Waals surface area contributed by atoms with Crippen LogP contribution in [0.3, 0.4) is 0 Å². The number of benzene rings is 1. The summed E-state index contributed by atoms with van der Waals surface area (Å²) in [4.78, 5) is 16.9. The van der Waals surface area contributed by atoms with Gasteiger partial charge in [0.2, 0.25) is 0 Å². The summed E-state index contributed by atoms with van der Waals surface area (Å²) < 4.78 is 0.964. The van der Waals surface area contributed by atoms with Crippen LogP contribution < -0.4 is 5.48 Å². The molecule has 88 valence electrons. The van der Waals surface area contributed by atoms with Crippen LogP contribution >= 0.6 is 22.6 Å². The molecule has 0 bridgehead atoms. The topological polar surface area (TPSA) is 38.3 Å². The average molecular weight is 333 g/mol. The van der Waals surface area contributed by atoms with Crippen LogP contribution in [-0.4, -0.2) is 12.5 Å². The Balaban J connectivity index is 2.63. The van der Waals surface area contributed by atoms with Gasteiger partial charge in [-0.25, -0.2) is 5.48 Å². The predicted molar refractivity (Wildman–Crippen MR) is 72.2 cm³/mol. The molecule has 0 heterocycles. The van der Waals surface area contributed by atoms with Crippen molar-refractivity contribution < 1.29 is 9.63 Å². The Kier molecular flexibility index (Phi) is 5.21. The molecule has 1 aromatic rings. The van der Waals surface area contributed by atoms with Gasteiger partial charge >= 0.3 is 0 Å². The molecule has 1 aromatic carbocycles. The number of carbonyl (C=O) groups excluding carboxylic acids is 1. The number of carbonyl (C=O) groups is 1. The fourth-order valence-corrected chi connectivity index (χ4v) is 1.76. The van der Waals surface area contributed by atoms with E-state index in [1.54, 1.807) is 6.07 Å². The van der Waals surface area contributed by atoms with Gasteiger partial charge in [-0.3, -0.25) is 9.63 Å². The van der Waals surface area contributed by atoms with Crippen molar-refractivity contribution in [2.45, 2.75) is 20.8 Å². The van der Waals surface area contributed by atoms with Crippen molar-refractivity contribution in [1.29, 1.82) is 0 Å². The van der Waals surface area contributed by atoms with Crippen molar-refractivity contribution in [3.63, 3.8) is 0 Å². The van der Waals surface area contributed by atoms with Crippen molar-refractivity contribution in [3.05, 3.63) is 32.9 Å². The van der Waals surface area contributed by atoms with Crippen LogP contribution in [0.15, 0.2) is 18.2 Å². The summed E-state index contributed by atoms with van der Waals surface area (Å²) in [5.74, 6) is 0.214. The van der Waals surface area contributed by atoms with E-state index in [1.165, 1.54) is 0 Å². The number of rotatable bonds is 4. The Labute approximate surface area is 110 Å². The third-order valence-corrected chi connectivity index (χ3v) is 3.45. The zero-order valence-electron chi connectivity index (χ0n) is 9.71. The molecule has 0 spiro atoms. The van der Waals surface area contributed by atoms with Crippen LogP contribution in [0.2, 0.25) is 0 Å². The predicted octanol–water partition coefficient (Wildman–Crippen LogP) is 2.92. The van der Waals surface area contributed by atoms with Gasteiger partial charge in [-0.15, -0.1) is 0 Å². The summed E-state index contributed by atoms with van der Waals surface area (Å²) in [6, 6.07) is 5.64. The second-order valence-corrected chi connectivity index (χ2v) is 5.15. The van der Waals surface area contributed by atoms with E-state index in [-0.39, 0.29) is 5.91 Å². The zero-order valence-corrected chi connectivity index (χ0v) is 11.9. The van der Waals surface area contributed by atoms with E-state index in [0.717, 1.165) is 9.13 Å². The van der Waals surface area contributed by atoms with Crippen molar-refractivity contribution in [1.82, 2.24) is 5.48 Å². The molecule has 16 heavy (non-hydrogen) atoms. The number of hydrogen-bond donors (Lipinski definition) is 1. The molecule has 3 nitrogen and oxygen atoms in total. The molecule has 1 amide bonds. The van der Waals surface area contributed by atoms with Gasteiger partial charge in [0.15, 0.2) is 0 Å². The van der Waals surface area contributed by atoms with Crippen LogP contribution in [0.5, 0.6) is 0 Å². The van der Waals surface area contributed by atoms with E-state index in [1.807, 2.05) is 32.9 Å². The lowest BCUT2D eigenvalue weighted by atomic mass is 10.1. The maximum atomic E-state index is 11.8. The van der Waals surface area contributed by atoms with Gasteiger partial charge in [0.1, 0.15) is 0 Å². The normalized spacial score (nSPS) is 10.6. The van der Waals surface area contributed by atoms with Crippen LogP contribution in [0.25, 0.3) is 0 Å². The molecule has 1 N–H and O–H groups in total. The van der Waals surface area contributed by atoms with Crippen molar-refractivity contribution in [2.75, 3.05) is 6.61 Å². The summed E-state index contributed by atoms with van der Waals surface area (Å²) in [6.07, 6.45) is 0. The van der Waals surface area contributed by atoms with Crippen LogP contribution in [0, 0.1) is 16.4 Å². The van der Waals surface area contributed by atoms with Gasteiger partial charge in [-0.05, 0) is 47.1 Å². The lowest BCUT2D eigenvalue weighted by Crippen LogP contribution is -2.26. The summed E-state index contributed by atoms with van der Waals surface area (Å²) >= 11 is 2.17. The minimum absolute atomic E-state index is 0.186. The highest BCUT2D eigenvalue weighted by Crippen LogP contribution is 2.16. The number of amides is 1. The second kappa shape index (κ2) is 6.20. The monoisotopic (exact) mass is 333 g/mol. The molecule has 0 atom stereocenters. The van der Waals surface area contributed by atoms with E-state index < -0.39 is 0 Å². The second-order valence-electron chi connectivity index (χ2n) is 4.07. The molecular weight excluding hydrogens is 317 g/mol. The smallest absolute Gasteiger partial charge is 0.273 e. The third-order valence-electron chi connectivity index (χ3n) is 2.02. The molecule has 0 aliphatic carbocycles. The maximum absolute atomic E-state index is 11.8. The molecule has 0 aromatic heterocycles. The van der Waals surface area contributed by atoms with Crippen LogP contribution in [-0.2, 0) is 4.84 Å². The lowest BCUT2D eigenvalue weighted by molar-refractivity contribution is 0.0208. The first kappa shape index (κ1) is 13.4. The highest BCUT2D eigenvalue weighted by Gasteiger charge is 2.11. The molecule has 0 radical (unpaired) electrons. The summed E-state index contributed by atoms with van der Waals surface area (Å²) in [7, 11) is 0. The van der Waals surface area contributed by atoms with Crippen molar-refractivity contribution >= 4 is 28.5 Å². The SMILES string of the molecule is Cc1cccc(C(=O)NOCC(C)C)c1I. The summed E-state index contributed by atoms with van der Waals surface area (Å²) in [5, 5.41) is 0. The maximum Gasteiger partial charge on any atom is 0.275 e. The van der Waals surface area contributed by atoms with Gasteiger partial charge < -0.3 is 0 Å². The Bertz CT molecular complexity index is 377. The summed E-state index contributed by atoms with van der Waals surface area (Å²) in [5.41, 5.74) is 4.21. The molecule has 0 saturated carbocycles. The molecule has 0 aliphatic rings. The lowest BCUT2D eigenvalue weighted by Gasteiger charge is -2.09. The van der Waals surface area contributed by atoms with Gasteiger partial charge in [0.05, 0.1) is 12.2 Å². The molecular formula is C12H16INO2. The van der Waals surface area contributed by atoms with Crippen molar-refractivity contribution in [3.8, 4) is 0 Å². The van der Waals surface area contributed by atoms with Gasteiger partial charge in [-0.2, -0.15) is 0 Å². The number of aryl methyl sites for hydroxylation is 1. The Morgan fingerprint density at radius 2 is 2.19 bits per heavy atom. The first-order chi connectivity index (χ1) is 7.52. The van der Waals surface area contributed by atoms with E-state index in [2.05, 4.69) is 28.1 Å². The van der Waals surface area contributed by atoms with Crippen LogP contribution in [0.1, 0.15) is 29.8 Å². The number of hydrogen-bond acceptors (Lipinski definition) is 2. The minimum atomic E-state index is -0.186. The molecule has 0 saturated heterocycles. The van der Waals surface area contributed by atoms with E-state index in [0.29, 0.717) is 18.1 Å². The van der Waals surface area contributed by atoms with Gasteiger partial charge in [-0.1, -0.05) is 26.0 Å². The highest BCUT2D eigenvalue weighted by molar-refractivity contribution is 14.1. The van der Waals surface area contributed by atoms with Gasteiger partial charge in [0.25, 0.3) is 5.91 Å². The Morgan fingerprint density at radius 3 is 2.81 bits per heavy atom. The van der Waals surface area contributed by atoms with Gasteiger partial charge in [0, 0.05) is 3.57 Å². The first-order valence-electron chi connectivity index (χ1n) is 5.19. The summed E-state index contributed by atoms with van der Waals surface area (Å²) in [6.45, 7) is 6.56. The van der Waals surface area contributed by atoms with E-state index >= 15 is 0 Å². The standard InChI is InChI=1S/C12H16INO2/c1-8(2)7-16-14-12(15)10-6-4-5-9(3)11(10)13/h4-6,8H,7H2,1-3H3,(H,14,15). The fraction of sp³-hybridized carbons (Fsp3) is 0.417. The Morgan fingerprint density at radius 1 is 1.50 bits per heavy atom. The van der Waals surface area contributed by atoms with E-state index in [9.17, 15) is 4.79 Å². The zero-order chi connectivity index (χ0) is 12.1. The number of hydroxylamine groups is 1. The largest absolute Gasteiger partial charge is 0.275 e. The molecule has 0 aliphatic heterocycles. The molecule has 4 heteroatoms. The number of halogens is 1. The number of nitrogens with one attached hydrogen (secondary N) is 1. The quantitative estimate of drug-likeness (QED) is 0.680.